The van der Waals surface area contributed by atoms with Crippen molar-refractivity contribution >= 4 is 40.7 Å². The molecule has 0 unspecified atom stereocenters. The number of carbonyl (C=O) groups is 2. The first kappa shape index (κ1) is 12.7. The highest BCUT2D eigenvalue weighted by Gasteiger charge is 2.48. The molecule has 0 aromatic heterocycles. The van der Waals surface area contributed by atoms with Crippen LogP contribution >= 0.6 is 23.2 Å². The molecule has 0 N–H and O–H groups in total. The Labute approximate surface area is 120 Å². The van der Waals surface area contributed by atoms with Gasteiger partial charge in [0.15, 0.2) is 0 Å². The Balaban J connectivity index is 2.02. The third-order valence-corrected chi connectivity index (χ3v) is 4.20. The number of fused-ring (bicyclic) bond motifs is 1. The Morgan fingerprint density at radius 3 is 2.11 bits per heavy atom. The second-order valence-corrected chi connectivity index (χ2v) is 5.61. The van der Waals surface area contributed by atoms with E-state index in [1.807, 2.05) is 12.2 Å². The number of hydrogen-bond donors (Lipinski definition) is 0. The van der Waals surface area contributed by atoms with E-state index in [-0.39, 0.29) is 23.7 Å². The van der Waals surface area contributed by atoms with Crippen LogP contribution in [0.5, 0.6) is 0 Å². The van der Waals surface area contributed by atoms with Crippen LogP contribution in [-0.2, 0) is 9.59 Å². The first-order chi connectivity index (χ1) is 9.09. The summed E-state index contributed by atoms with van der Waals surface area (Å²) in [7, 11) is 0. The maximum atomic E-state index is 12.4. The molecule has 0 saturated carbocycles. The van der Waals surface area contributed by atoms with Crippen molar-refractivity contribution in [2.24, 2.45) is 11.8 Å². The molecule has 1 heterocycles. The minimum atomic E-state index is -0.246. The molecule has 1 aliphatic carbocycles. The van der Waals surface area contributed by atoms with Crippen LogP contribution in [0.2, 0.25) is 10.0 Å². The predicted molar refractivity (Wildman–Crippen MR) is 74.3 cm³/mol. The van der Waals surface area contributed by atoms with Gasteiger partial charge in [-0.3, -0.25) is 9.59 Å². The molecule has 0 bridgehead atoms. The van der Waals surface area contributed by atoms with Crippen LogP contribution in [-0.4, -0.2) is 11.8 Å². The second-order valence-electron chi connectivity index (χ2n) is 4.76. The molecule has 2 aliphatic rings. The number of anilines is 1. The van der Waals surface area contributed by atoms with E-state index in [0.717, 1.165) is 0 Å². The molecule has 0 spiro atoms. The van der Waals surface area contributed by atoms with Gasteiger partial charge in [-0.1, -0.05) is 35.4 Å². The fraction of sp³-hybridized carbons (Fsp3) is 0.286. The fourth-order valence-electron chi connectivity index (χ4n) is 2.70. The van der Waals surface area contributed by atoms with Gasteiger partial charge in [-0.2, -0.15) is 0 Å². The average molecular weight is 296 g/mol. The van der Waals surface area contributed by atoms with Crippen LogP contribution < -0.4 is 4.90 Å². The van der Waals surface area contributed by atoms with Gasteiger partial charge in [0.1, 0.15) is 0 Å². The summed E-state index contributed by atoms with van der Waals surface area (Å²) < 4.78 is 0. The van der Waals surface area contributed by atoms with Gasteiger partial charge in [-0.05, 0) is 31.0 Å². The van der Waals surface area contributed by atoms with E-state index >= 15 is 0 Å². The van der Waals surface area contributed by atoms with E-state index in [9.17, 15) is 9.59 Å². The highest BCUT2D eigenvalue weighted by molar-refractivity contribution is 6.38. The summed E-state index contributed by atoms with van der Waals surface area (Å²) in [6.07, 6.45) is 5.16. The number of nitrogens with zero attached hydrogens (tertiary/aromatic N) is 1. The van der Waals surface area contributed by atoms with Crippen molar-refractivity contribution in [1.82, 2.24) is 0 Å². The van der Waals surface area contributed by atoms with Crippen LogP contribution in [0.4, 0.5) is 5.69 Å². The van der Waals surface area contributed by atoms with E-state index in [0.29, 0.717) is 28.6 Å². The SMILES string of the molecule is O=C1[C@H]2CC=CC[C@H]2C(=O)N1c1ccc(Cl)cc1Cl. The Hall–Kier alpha value is -1.32. The molecule has 19 heavy (non-hydrogen) atoms. The van der Waals surface area contributed by atoms with Crippen LogP contribution in [0, 0.1) is 11.8 Å². The molecule has 1 aromatic rings. The Morgan fingerprint density at radius 1 is 1.00 bits per heavy atom. The van der Waals surface area contributed by atoms with Crippen LogP contribution in [0.15, 0.2) is 30.4 Å². The van der Waals surface area contributed by atoms with Gasteiger partial charge in [0.25, 0.3) is 0 Å². The van der Waals surface area contributed by atoms with Gasteiger partial charge in [0.2, 0.25) is 11.8 Å². The van der Waals surface area contributed by atoms with Crippen LogP contribution in [0.3, 0.4) is 0 Å². The summed E-state index contributed by atoms with van der Waals surface area (Å²) in [5.41, 5.74) is 0.426. The number of hydrogen-bond acceptors (Lipinski definition) is 2. The van der Waals surface area contributed by atoms with E-state index in [2.05, 4.69) is 0 Å². The topological polar surface area (TPSA) is 37.4 Å². The number of halogens is 2. The normalized spacial score (nSPS) is 25.9. The van der Waals surface area contributed by atoms with Crippen molar-refractivity contribution in [2.45, 2.75) is 12.8 Å². The molecule has 1 saturated heterocycles. The lowest BCUT2D eigenvalue weighted by Gasteiger charge is -2.16. The first-order valence-corrected chi connectivity index (χ1v) is 6.83. The summed E-state index contributed by atoms with van der Waals surface area (Å²) in [5.74, 6) is -0.819. The van der Waals surface area contributed by atoms with Crippen molar-refractivity contribution < 1.29 is 9.59 Å². The number of carbonyl (C=O) groups excluding carboxylic acids is 2. The van der Waals surface area contributed by atoms with Crippen molar-refractivity contribution in [2.75, 3.05) is 4.90 Å². The summed E-state index contributed by atoms with van der Waals surface area (Å²) in [6.45, 7) is 0. The second kappa shape index (κ2) is 4.66. The lowest BCUT2D eigenvalue weighted by molar-refractivity contribution is -0.122. The summed E-state index contributed by atoms with van der Waals surface area (Å²) >= 11 is 11.9. The van der Waals surface area contributed by atoms with E-state index in [1.165, 1.54) is 4.90 Å². The van der Waals surface area contributed by atoms with Crippen molar-refractivity contribution in [1.29, 1.82) is 0 Å². The third kappa shape index (κ3) is 1.97. The largest absolute Gasteiger partial charge is 0.274 e. The van der Waals surface area contributed by atoms with Crippen LogP contribution in [0.25, 0.3) is 0 Å². The summed E-state index contributed by atoms with van der Waals surface area (Å²) in [6, 6.07) is 4.79. The van der Waals surface area contributed by atoms with Crippen molar-refractivity contribution in [3.8, 4) is 0 Å². The molecule has 2 amide bonds. The van der Waals surface area contributed by atoms with Gasteiger partial charge in [0, 0.05) is 5.02 Å². The quantitative estimate of drug-likeness (QED) is 0.588. The molecular formula is C14H11Cl2NO2. The predicted octanol–water partition coefficient (Wildman–Crippen LogP) is 3.45. The van der Waals surface area contributed by atoms with Gasteiger partial charge < -0.3 is 0 Å². The lowest BCUT2D eigenvalue weighted by atomic mass is 9.85. The number of imide groups is 1. The smallest absolute Gasteiger partial charge is 0.238 e. The average Bonchev–Trinajstić information content (AvgIpc) is 2.64. The summed E-state index contributed by atoms with van der Waals surface area (Å²) in [4.78, 5) is 25.9. The highest BCUT2D eigenvalue weighted by Crippen LogP contribution is 2.40. The number of allylic oxidation sites excluding steroid dienone is 2. The molecule has 1 aliphatic heterocycles. The van der Waals surface area contributed by atoms with Gasteiger partial charge >= 0.3 is 0 Å². The minimum Gasteiger partial charge on any atom is -0.274 e. The van der Waals surface area contributed by atoms with Crippen molar-refractivity contribution in [3.63, 3.8) is 0 Å². The molecule has 98 valence electrons. The number of benzene rings is 1. The van der Waals surface area contributed by atoms with Gasteiger partial charge in [-0.25, -0.2) is 4.90 Å². The van der Waals surface area contributed by atoms with E-state index in [4.69, 9.17) is 23.2 Å². The number of rotatable bonds is 1. The summed E-state index contributed by atoms with van der Waals surface area (Å²) in [5, 5.41) is 0.799. The molecule has 3 rings (SSSR count). The third-order valence-electron chi connectivity index (χ3n) is 3.66. The highest BCUT2D eigenvalue weighted by atomic mass is 35.5. The monoisotopic (exact) mass is 295 g/mol. The standard InChI is InChI=1S/C14H11Cl2NO2/c15-8-5-6-12(11(16)7-8)17-13(18)9-3-1-2-4-10(9)14(17)19/h1-2,5-7,9-10H,3-4H2/t9-,10+. The molecule has 3 nitrogen and oxygen atoms in total. The fourth-order valence-corrected chi connectivity index (χ4v) is 3.19. The maximum absolute atomic E-state index is 12.4. The first-order valence-electron chi connectivity index (χ1n) is 6.07. The maximum Gasteiger partial charge on any atom is 0.238 e. The Bertz CT molecular complexity index is 571. The zero-order chi connectivity index (χ0) is 13.6. The molecule has 1 fully saturated rings. The van der Waals surface area contributed by atoms with E-state index < -0.39 is 0 Å². The van der Waals surface area contributed by atoms with Gasteiger partial charge in [-0.15, -0.1) is 0 Å². The van der Waals surface area contributed by atoms with E-state index in [1.54, 1.807) is 18.2 Å². The molecule has 5 heteroatoms. The zero-order valence-corrected chi connectivity index (χ0v) is 11.5. The lowest BCUT2D eigenvalue weighted by Crippen LogP contribution is -2.31. The molecule has 0 radical (unpaired) electrons. The van der Waals surface area contributed by atoms with Crippen LogP contribution in [0.1, 0.15) is 12.8 Å². The Kier molecular flexibility index (Phi) is 3.11. The number of amides is 2. The minimum absolute atomic E-state index is 0.163. The zero-order valence-electron chi connectivity index (χ0n) is 9.98. The van der Waals surface area contributed by atoms with Gasteiger partial charge in [0.05, 0.1) is 22.5 Å². The van der Waals surface area contributed by atoms with Crippen molar-refractivity contribution in [3.05, 3.63) is 40.4 Å². The molecule has 2 atom stereocenters. The Morgan fingerprint density at radius 2 is 1.58 bits per heavy atom. The molecule has 1 aromatic carbocycles. The molecular weight excluding hydrogens is 285 g/mol.